The van der Waals surface area contributed by atoms with E-state index >= 15 is 0 Å². The first kappa shape index (κ1) is 22.2. The predicted octanol–water partition coefficient (Wildman–Crippen LogP) is 4.40. The molecule has 2 aliphatic heterocycles. The number of nitrogens with one attached hydrogen (secondary N) is 2. The van der Waals surface area contributed by atoms with Gasteiger partial charge in [0.2, 0.25) is 5.95 Å². The van der Waals surface area contributed by atoms with Crippen LogP contribution in [-0.2, 0) is 10.2 Å². The largest absolute Gasteiger partial charge is 0.381 e. The lowest BCUT2D eigenvalue weighted by Crippen LogP contribution is -2.45. The lowest BCUT2D eigenvalue weighted by Gasteiger charge is -2.38. The van der Waals surface area contributed by atoms with Crippen molar-refractivity contribution in [1.82, 2.24) is 15.3 Å². The van der Waals surface area contributed by atoms with Crippen LogP contribution in [0.2, 0.25) is 5.15 Å². The number of piperidine rings is 1. The first-order chi connectivity index (χ1) is 15.0. The Morgan fingerprint density at radius 3 is 2.61 bits per heavy atom. The van der Waals surface area contributed by atoms with Gasteiger partial charge in [-0.05, 0) is 49.4 Å². The van der Waals surface area contributed by atoms with Gasteiger partial charge in [-0.1, -0.05) is 48.9 Å². The Morgan fingerprint density at radius 1 is 1.19 bits per heavy atom. The van der Waals surface area contributed by atoms with Crippen LogP contribution in [-0.4, -0.2) is 47.9 Å². The maximum Gasteiger partial charge on any atom is 0.232 e. The van der Waals surface area contributed by atoms with Crippen molar-refractivity contribution < 1.29 is 4.74 Å². The molecule has 2 aliphatic rings. The maximum absolute atomic E-state index is 6.29. The molecule has 0 bridgehead atoms. The number of nitrogens with zero attached hydrogens (tertiary/aromatic N) is 3. The third-order valence-corrected chi connectivity index (χ3v) is 6.88. The summed E-state index contributed by atoms with van der Waals surface area (Å²) in [4.78, 5) is 11.3. The van der Waals surface area contributed by atoms with Crippen LogP contribution < -0.4 is 15.5 Å². The van der Waals surface area contributed by atoms with E-state index in [0.717, 1.165) is 70.3 Å². The van der Waals surface area contributed by atoms with Crippen LogP contribution in [0.15, 0.2) is 36.4 Å². The van der Waals surface area contributed by atoms with E-state index in [-0.39, 0.29) is 5.41 Å². The highest BCUT2D eigenvalue weighted by Crippen LogP contribution is 2.34. The highest BCUT2D eigenvalue weighted by molar-refractivity contribution is 7.80. The fourth-order valence-electron chi connectivity index (χ4n) is 4.38. The molecule has 2 N–H and O–H groups in total. The summed E-state index contributed by atoms with van der Waals surface area (Å²) in [5.41, 5.74) is 1.31. The molecule has 0 spiro atoms. The zero-order valence-electron chi connectivity index (χ0n) is 17.9. The van der Waals surface area contributed by atoms with Crippen LogP contribution in [0.4, 0.5) is 11.8 Å². The van der Waals surface area contributed by atoms with Crippen LogP contribution >= 0.6 is 23.8 Å². The second-order valence-electron chi connectivity index (χ2n) is 8.61. The van der Waals surface area contributed by atoms with Crippen LogP contribution in [0.5, 0.6) is 0 Å². The quantitative estimate of drug-likeness (QED) is 0.507. The SMILES string of the molecule is CC1CCN(c2cc(Cl)nc(NC(=S)NCC3(c4ccccc4)CCOCC3)n2)CC1. The van der Waals surface area contributed by atoms with Gasteiger partial charge in [0.15, 0.2) is 5.11 Å². The first-order valence-electron chi connectivity index (χ1n) is 11.0. The van der Waals surface area contributed by atoms with Crippen molar-refractivity contribution in [2.75, 3.05) is 43.1 Å². The zero-order chi connectivity index (χ0) is 21.7. The minimum Gasteiger partial charge on any atom is -0.381 e. The molecule has 31 heavy (non-hydrogen) atoms. The number of hydrogen-bond acceptors (Lipinski definition) is 5. The van der Waals surface area contributed by atoms with Crippen molar-refractivity contribution >= 4 is 40.7 Å². The van der Waals surface area contributed by atoms with Crippen molar-refractivity contribution in [3.05, 3.63) is 47.1 Å². The molecule has 4 rings (SSSR count). The van der Waals surface area contributed by atoms with Crippen molar-refractivity contribution in [3.8, 4) is 0 Å². The lowest BCUT2D eigenvalue weighted by molar-refractivity contribution is 0.0515. The summed E-state index contributed by atoms with van der Waals surface area (Å²) in [5, 5.41) is 7.45. The molecule has 6 nitrogen and oxygen atoms in total. The smallest absolute Gasteiger partial charge is 0.232 e. The van der Waals surface area contributed by atoms with Crippen molar-refractivity contribution in [3.63, 3.8) is 0 Å². The molecule has 1 aromatic heterocycles. The number of benzene rings is 1. The molecule has 0 amide bonds. The van der Waals surface area contributed by atoms with E-state index in [1.165, 1.54) is 5.56 Å². The second kappa shape index (κ2) is 10.1. The third-order valence-electron chi connectivity index (χ3n) is 6.44. The molecule has 0 atom stereocenters. The van der Waals surface area contributed by atoms with Gasteiger partial charge < -0.3 is 20.3 Å². The van der Waals surface area contributed by atoms with Gasteiger partial charge in [-0.2, -0.15) is 4.98 Å². The van der Waals surface area contributed by atoms with Gasteiger partial charge in [-0.15, -0.1) is 0 Å². The minimum absolute atomic E-state index is 0.00387. The van der Waals surface area contributed by atoms with Crippen LogP contribution in [0.25, 0.3) is 0 Å². The molecule has 0 radical (unpaired) electrons. The predicted molar refractivity (Wildman–Crippen MR) is 130 cm³/mol. The fourth-order valence-corrected chi connectivity index (χ4v) is 4.72. The molecule has 8 heteroatoms. The summed E-state index contributed by atoms with van der Waals surface area (Å²) >= 11 is 11.9. The molecule has 2 aromatic rings. The first-order valence-corrected chi connectivity index (χ1v) is 11.8. The van der Waals surface area contributed by atoms with E-state index in [1.807, 2.05) is 12.1 Å². The van der Waals surface area contributed by atoms with Gasteiger partial charge >= 0.3 is 0 Å². The summed E-state index contributed by atoms with van der Waals surface area (Å²) < 4.78 is 5.62. The monoisotopic (exact) mass is 459 g/mol. The third kappa shape index (κ3) is 5.64. The average molecular weight is 460 g/mol. The molecule has 0 aliphatic carbocycles. The highest BCUT2D eigenvalue weighted by atomic mass is 35.5. The number of hydrogen-bond donors (Lipinski definition) is 2. The number of ether oxygens (including phenoxy) is 1. The molecule has 2 fully saturated rings. The number of aromatic nitrogens is 2. The second-order valence-corrected chi connectivity index (χ2v) is 9.40. The molecule has 0 unspecified atom stereocenters. The van der Waals surface area contributed by atoms with E-state index < -0.39 is 0 Å². The Hall–Kier alpha value is -1.96. The Kier molecular flexibility index (Phi) is 7.25. The Labute approximate surface area is 194 Å². The van der Waals surface area contributed by atoms with Gasteiger partial charge in [0, 0.05) is 44.3 Å². The number of anilines is 2. The Balaban J connectivity index is 1.41. The summed E-state index contributed by atoms with van der Waals surface area (Å²) in [6.45, 7) is 6.50. The number of rotatable bonds is 5. The van der Waals surface area contributed by atoms with Gasteiger partial charge in [0.1, 0.15) is 11.0 Å². The van der Waals surface area contributed by atoms with Crippen LogP contribution in [0.1, 0.15) is 38.2 Å². The molecular formula is C23H30ClN5OS. The minimum atomic E-state index is -0.00387. The Bertz CT molecular complexity index is 883. The summed E-state index contributed by atoms with van der Waals surface area (Å²) in [6.07, 6.45) is 4.24. The fraction of sp³-hybridized carbons (Fsp3) is 0.522. The van der Waals surface area contributed by atoms with Gasteiger partial charge in [-0.3, -0.25) is 0 Å². The van der Waals surface area contributed by atoms with Crippen LogP contribution in [0.3, 0.4) is 0 Å². The molecule has 3 heterocycles. The summed E-state index contributed by atoms with van der Waals surface area (Å²) in [6, 6.07) is 12.4. The van der Waals surface area contributed by atoms with E-state index in [1.54, 1.807) is 0 Å². The van der Waals surface area contributed by atoms with E-state index in [4.69, 9.17) is 28.6 Å². The van der Waals surface area contributed by atoms with Gasteiger partial charge in [-0.25, -0.2) is 4.98 Å². The molecule has 2 saturated heterocycles. The zero-order valence-corrected chi connectivity index (χ0v) is 19.5. The van der Waals surface area contributed by atoms with Crippen LogP contribution in [0, 0.1) is 5.92 Å². The normalized spacial score (nSPS) is 19.1. The Morgan fingerprint density at radius 2 is 1.90 bits per heavy atom. The molecule has 166 valence electrons. The molecule has 0 saturated carbocycles. The van der Waals surface area contributed by atoms with Crippen molar-refractivity contribution in [2.45, 2.75) is 38.0 Å². The number of thiocarbonyl (C=S) groups is 1. The molecule has 1 aromatic carbocycles. The highest BCUT2D eigenvalue weighted by Gasteiger charge is 2.34. The van der Waals surface area contributed by atoms with E-state index in [9.17, 15) is 0 Å². The van der Waals surface area contributed by atoms with E-state index in [0.29, 0.717) is 16.2 Å². The van der Waals surface area contributed by atoms with Gasteiger partial charge in [0.25, 0.3) is 0 Å². The van der Waals surface area contributed by atoms with Crippen molar-refractivity contribution in [2.24, 2.45) is 5.92 Å². The van der Waals surface area contributed by atoms with Crippen molar-refractivity contribution in [1.29, 1.82) is 0 Å². The average Bonchev–Trinajstić information content (AvgIpc) is 2.79. The summed E-state index contributed by atoms with van der Waals surface area (Å²) in [7, 11) is 0. The topological polar surface area (TPSA) is 62.3 Å². The molecular weight excluding hydrogens is 430 g/mol. The standard InChI is InChI=1S/C23H30ClN5OS/c1-17-7-11-29(12-8-17)20-15-19(24)26-21(27-20)28-22(31)25-16-23(9-13-30-14-10-23)18-5-3-2-4-6-18/h2-6,15,17H,7-14,16H2,1H3,(H2,25,26,27,28,31). The van der Waals surface area contributed by atoms with Gasteiger partial charge in [0.05, 0.1) is 0 Å². The summed E-state index contributed by atoms with van der Waals surface area (Å²) in [5.74, 6) is 2.03. The lowest BCUT2D eigenvalue weighted by atomic mass is 9.74. The number of halogens is 1. The maximum atomic E-state index is 6.29. The van der Waals surface area contributed by atoms with E-state index in [2.05, 4.69) is 56.7 Å².